The largest absolute Gasteiger partial charge is 0.494 e. The van der Waals surface area contributed by atoms with Gasteiger partial charge >= 0.3 is 0 Å². The van der Waals surface area contributed by atoms with Crippen molar-refractivity contribution in [1.82, 2.24) is 15.2 Å². The first kappa shape index (κ1) is 11.9. The summed E-state index contributed by atoms with van der Waals surface area (Å²) in [5, 5.41) is 7.61. The van der Waals surface area contributed by atoms with E-state index in [0.717, 1.165) is 27.9 Å². The number of methoxy groups -OCH3 is 1. The van der Waals surface area contributed by atoms with Crippen LogP contribution in [0, 0.1) is 11.8 Å². The third kappa shape index (κ3) is 2.00. The van der Waals surface area contributed by atoms with Gasteiger partial charge in [-0.1, -0.05) is 12.1 Å². The van der Waals surface area contributed by atoms with Gasteiger partial charge < -0.3 is 9.15 Å². The van der Waals surface area contributed by atoms with Crippen molar-refractivity contribution in [2.24, 2.45) is 0 Å². The van der Waals surface area contributed by atoms with E-state index in [1.807, 2.05) is 31.2 Å². The number of hydrogen-bond acceptors (Lipinski definition) is 5. The van der Waals surface area contributed by atoms with Crippen LogP contribution in [0.5, 0.6) is 5.75 Å². The molecule has 0 bridgehead atoms. The lowest BCUT2D eigenvalue weighted by Crippen LogP contribution is -1.92. The Kier molecular flexibility index (Phi) is 2.79. The van der Waals surface area contributed by atoms with Gasteiger partial charge in [0.25, 0.3) is 4.84 Å². The zero-order chi connectivity index (χ0) is 13.4. The van der Waals surface area contributed by atoms with E-state index in [4.69, 9.17) is 21.4 Å². The summed E-state index contributed by atoms with van der Waals surface area (Å²) in [6.07, 6.45) is 0. The Hall–Kier alpha value is -2.21. The number of para-hydroxylation sites is 1. The van der Waals surface area contributed by atoms with Crippen LogP contribution in [0.15, 0.2) is 28.7 Å². The van der Waals surface area contributed by atoms with Crippen LogP contribution in [0.25, 0.3) is 22.4 Å². The van der Waals surface area contributed by atoms with Gasteiger partial charge in [-0.05, 0) is 31.3 Å². The molecule has 19 heavy (non-hydrogen) atoms. The molecule has 0 saturated carbocycles. The summed E-state index contributed by atoms with van der Waals surface area (Å²) in [5.74, 6) is 1.17. The Bertz CT molecular complexity index is 807. The van der Waals surface area contributed by atoms with E-state index in [2.05, 4.69) is 15.2 Å². The molecule has 0 spiro atoms. The molecule has 0 saturated heterocycles. The van der Waals surface area contributed by atoms with E-state index in [-0.39, 0.29) is 4.84 Å². The van der Waals surface area contributed by atoms with Gasteiger partial charge in [-0.15, -0.1) is 5.10 Å². The lowest BCUT2D eigenvalue weighted by Gasteiger charge is -2.08. The van der Waals surface area contributed by atoms with Crippen LogP contribution in [0.3, 0.4) is 0 Å². The third-order valence-corrected chi connectivity index (χ3v) is 2.99. The van der Waals surface area contributed by atoms with Gasteiger partial charge in [0.1, 0.15) is 11.3 Å². The molecule has 3 rings (SSSR count). The van der Waals surface area contributed by atoms with Gasteiger partial charge in [0.05, 0.1) is 12.7 Å². The Morgan fingerprint density at radius 1 is 1.37 bits per heavy atom. The van der Waals surface area contributed by atoms with Gasteiger partial charge in [-0.25, -0.2) is 10.1 Å². The van der Waals surface area contributed by atoms with Gasteiger partial charge in [0, 0.05) is 11.1 Å². The Labute approximate surface area is 114 Å². The van der Waals surface area contributed by atoms with Crippen LogP contribution in [-0.2, 0) is 0 Å². The van der Waals surface area contributed by atoms with Gasteiger partial charge in [-0.3, -0.25) is 0 Å². The molecule has 0 radical (unpaired) electrons. The summed E-state index contributed by atoms with van der Waals surface area (Å²) >= 11 is 4.91. The van der Waals surface area contributed by atoms with Crippen molar-refractivity contribution in [2.45, 2.75) is 6.92 Å². The average molecular weight is 273 g/mol. The second-order valence-electron chi connectivity index (χ2n) is 4.09. The predicted octanol–water partition coefficient (Wildman–Crippen LogP) is 3.26. The third-order valence-electron chi connectivity index (χ3n) is 2.82. The van der Waals surface area contributed by atoms with E-state index in [9.17, 15) is 0 Å². The number of ether oxygens (including phenoxy) is 1. The summed E-state index contributed by atoms with van der Waals surface area (Å²) in [6, 6.07) is 7.64. The van der Waals surface area contributed by atoms with E-state index >= 15 is 0 Å². The molecule has 3 aromatic rings. The fourth-order valence-electron chi connectivity index (χ4n) is 2.04. The SMILES string of the molecule is COc1cccc2c(-c3n[nH]c(=S)o3)cc(C)nc12. The highest BCUT2D eigenvalue weighted by molar-refractivity contribution is 7.71. The molecule has 0 aliphatic heterocycles. The van der Waals surface area contributed by atoms with Gasteiger partial charge in [-0.2, -0.15) is 0 Å². The number of pyridine rings is 1. The number of nitrogens with zero attached hydrogens (tertiary/aromatic N) is 2. The smallest absolute Gasteiger partial charge is 0.284 e. The minimum atomic E-state index is 0.250. The first-order valence-electron chi connectivity index (χ1n) is 5.69. The lowest BCUT2D eigenvalue weighted by molar-refractivity contribution is 0.419. The molecular formula is C13H11N3O2S. The number of aromatic amines is 1. The van der Waals surface area contributed by atoms with Crippen LogP contribution in [0.4, 0.5) is 0 Å². The van der Waals surface area contributed by atoms with Crippen LogP contribution in [0.1, 0.15) is 5.69 Å². The molecule has 1 aromatic carbocycles. The average Bonchev–Trinajstić information content (AvgIpc) is 2.83. The maximum absolute atomic E-state index is 5.39. The van der Waals surface area contributed by atoms with Crippen molar-refractivity contribution < 1.29 is 9.15 Å². The number of benzene rings is 1. The molecule has 0 atom stereocenters. The lowest BCUT2D eigenvalue weighted by atomic mass is 10.1. The quantitative estimate of drug-likeness (QED) is 0.726. The van der Waals surface area contributed by atoms with Crippen molar-refractivity contribution in [3.8, 4) is 17.2 Å². The molecule has 6 heteroatoms. The fourth-order valence-corrected chi connectivity index (χ4v) is 2.16. The van der Waals surface area contributed by atoms with E-state index in [0.29, 0.717) is 5.89 Å². The standard InChI is InChI=1S/C13H11N3O2S/c1-7-6-9(12-15-16-13(19)18-12)8-4-3-5-10(17-2)11(8)14-7/h3-6H,1-2H3,(H,16,19). The van der Waals surface area contributed by atoms with Crippen molar-refractivity contribution >= 4 is 23.1 Å². The molecule has 2 heterocycles. The number of rotatable bonds is 2. The van der Waals surface area contributed by atoms with Crippen molar-refractivity contribution in [2.75, 3.05) is 7.11 Å². The topological polar surface area (TPSA) is 63.9 Å². The minimum absolute atomic E-state index is 0.250. The van der Waals surface area contributed by atoms with Crippen molar-refractivity contribution in [3.63, 3.8) is 0 Å². The highest BCUT2D eigenvalue weighted by Gasteiger charge is 2.13. The highest BCUT2D eigenvalue weighted by Crippen LogP contribution is 2.31. The summed E-state index contributed by atoms with van der Waals surface area (Å²) in [5.41, 5.74) is 2.48. The molecule has 0 fully saturated rings. The normalized spacial score (nSPS) is 10.8. The van der Waals surface area contributed by atoms with Crippen LogP contribution in [0.2, 0.25) is 0 Å². The number of nitrogens with one attached hydrogen (secondary N) is 1. The molecule has 96 valence electrons. The summed E-state index contributed by atoms with van der Waals surface area (Å²) in [6.45, 7) is 1.91. The summed E-state index contributed by atoms with van der Waals surface area (Å²) < 4.78 is 10.7. The predicted molar refractivity (Wildman–Crippen MR) is 73.7 cm³/mol. The second-order valence-corrected chi connectivity index (χ2v) is 4.46. The maximum atomic E-state index is 5.39. The van der Waals surface area contributed by atoms with Crippen molar-refractivity contribution in [3.05, 3.63) is 34.8 Å². The first-order chi connectivity index (χ1) is 9.19. The summed E-state index contributed by atoms with van der Waals surface area (Å²) in [4.78, 5) is 4.76. The van der Waals surface area contributed by atoms with E-state index in [1.165, 1.54) is 0 Å². The number of aryl methyl sites for hydroxylation is 1. The zero-order valence-corrected chi connectivity index (χ0v) is 11.2. The van der Waals surface area contributed by atoms with Crippen molar-refractivity contribution in [1.29, 1.82) is 0 Å². The fraction of sp³-hybridized carbons (Fsp3) is 0.154. The molecule has 0 unspecified atom stereocenters. The Morgan fingerprint density at radius 3 is 2.89 bits per heavy atom. The minimum Gasteiger partial charge on any atom is -0.494 e. The Morgan fingerprint density at radius 2 is 2.21 bits per heavy atom. The second kappa shape index (κ2) is 4.47. The molecule has 1 N–H and O–H groups in total. The van der Waals surface area contributed by atoms with Gasteiger partial charge in [0.2, 0.25) is 5.89 Å². The first-order valence-corrected chi connectivity index (χ1v) is 6.10. The van der Waals surface area contributed by atoms with Gasteiger partial charge in [0.15, 0.2) is 0 Å². The van der Waals surface area contributed by atoms with E-state index in [1.54, 1.807) is 7.11 Å². The molecule has 0 aliphatic rings. The number of fused-ring (bicyclic) bond motifs is 1. The van der Waals surface area contributed by atoms with Crippen LogP contribution < -0.4 is 4.74 Å². The van der Waals surface area contributed by atoms with Crippen LogP contribution >= 0.6 is 12.2 Å². The number of H-pyrrole nitrogens is 1. The number of hydrogen-bond donors (Lipinski definition) is 1. The Balaban J connectivity index is 2.39. The zero-order valence-electron chi connectivity index (χ0n) is 10.4. The monoisotopic (exact) mass is 273 g/mol. The van der Waals surface area contributed by atoms with E-state index < -0.39 is 0 Å². The maximum Gasteiger partial charge on any atom is 0.284 e. The molecule has 0 amide bonds. The number of aromatic nitrogens is 3. The van der Waals surface area contributed by atoms with Crippen LogP contribution in [-0.4, -0.2) is 22.3 Å². The highest BCUT2D eigenvalue weighted by atomic mass is 32.1. The molecule has 0 aliphatic carbocycles. The summed E-state index contributed by atoms with van der Waals surface area (Å²) in [7, 11) is 1.62. The molecule has 5 nitrogen and oxygen atoms in total. The molecule has 2 aromatic heterocycles. The molecular weight excluding hydrogens is 262 g/mol.